The lowest BCUT2D eigenvalue weighted by Gasteiger charge is -2.23. The lowest BCUT2D eigenvalue weighted by atomic mass is 9.99. The van der Waals surface area contributed by atoms with Crippen LogP contribution in [0.4, 0.5) is 0 Å². The Morgan fingerprint density at radius 3 is 2.55 bits per heavy atom. The van der Waals surface area contributed by atoms with E-state index in [9.17, 15) is 9.90 Å². The highest BCUT2D eigenvalue weighted by Gasteiger charge is 2.36. The normalized spacial score (nSPS) is 15.9. The van der Waals surface area contributed by atoms with Gasteiger partial charge in [0.1, 0.15) is 5.75 Å². The number of ether oxygens (including phenoxy) is 2. The third-order valence-electron chi connectivity index (χ3n) is 4.87. The maximum atomic E-state index is 13.3. The van der Waals surface area contributed by atoms with E-state index < -0.39 is 6.04 Å². The van der Waals surface area contributed by atoms with Gasteiger partial charge in [0, 0.05) is 17.5 Å². The van der Waals surface area contributed by atoms with Crippen LogP contribution >= 0.6 is 11.3 Å². The first-order chi connectivity index (χ1) is 14.1. The molecule has 1 amide bonds. The number of carbonyl (C=O) groups is 1. The van der Waals surface area contributed by atoms with Crippen molar-refractivity contribution in [2.75, 3.05) is 14.2 Å². The number of aromatic hydroxyl groups is 1. The van der Waals surface area contributed by atoms with Crippen LogP contribution in [0.2, 0.25) is 0 Å². The molecule has 7 heteroatoms. The molecule has 1 unspecified atom stereocenters. The summed E-state index contributed by atoms with van der Waals surface area (Å²) in [6.45, 7) is 0. The number of carbonyl (C=O) groups excluding carboxylic acids is 1. The van der Waals surface area contributed by atoms with Gasteiger partial charge in [-0.25, -0.2) is 5.01 Å². The van der Waals surface area contributed by atoms with Gasteiger partial charge < -0.3 is 14.6 Å². The van der Waals surface area contributed by atoms with Crippen LogP contribution in [0.3, 0.4) is 0 Å². The monoisotopic (exact) mass is 408 g/mol. The molecule has 29 heavy (non-hydrogen) atoms. The van der Waals surface area contributed by atoms with E-state index in [1.807, 2.05) is 17.5 Å². The predicted octanol–water partition coefficient (Wildman–Crippen LogP) is 4.46. The standard InChI is InChI=1S/C22H20N2O4S/c1-27-15-10-8-14(9-11-15)22(26)24-18(13-17(23-24)20-7-4-12-29-20)16-5-3-6-19(28-2)21(16)25/h3-12,18,25H,13H2,1-2H3. The van der Waals surface area contributed by atoms with Crippen molar-refractivity contribution in [3.8, 4) is 17.2 Å². The molecule has 2 aromatic carbocycles. The Hall–Kier alpha value is -3.32. The number of benzene rings is 2. The van der Waals surface area contributed by atoms with Crippen molar-refractivity contribution in [3.63, 3.8) is 0 Å². The fourth-order valence-corrected chi connectivity index (χ4v) is 4.09. The van der Waals surface area contributed by atoms with E-state index in [1.54, 1.807) is 60.9 Å². The van der Waals surface area contributed by atoms with Crippen molar-refractivity contribution in [3.05, 3.63) is 76.0 Å². The molecule has 0 aliphatic carbocycles. The Balaban J connectivity index is 1.74. The summed E-state index contributed by atoms with van der Waals surface area (Å²) in [5.41, 5.74) is 1.91. The number of rotatable bonds is 5. The van der Waals surface area contributed by atoms with Crippen molar-refractivity contribution >= 4 is 23.0 Å². The van der Waals surface area contributed by atoms with Crippen LogP contribution in [-0.4, -0.2) is 36.0 Å². The molecule has 0 bridgehead atoms. The fourth-order valence-electron chi connectivity index (χ4n) is 3.37. The fraction of sp³-hybridized carbons (Fsp3) is 0.182. The van der Waals surface area contributed by atoms with E-state index in [-0.39, 0.29) is 11.7 Å². The predicted molar refractivity (Wildman–Crippen MR) is 112 cm³/mol. The zero-order chi connectivity index (χ0) is 20.4. The van der Waals surface area contributed by atoms with Crippen LogP contribution in [0.25, 0.3) is 0 Å². The molecular formula is C22H20N2O4S. The summed E-state index contributed by atoms with van der Waals surface area (Å²) in [7, 11) is 3.08. The number of thiophene rings is 1. The van der Waals surface area contributed by atoms with Crippen LogP contribution in [0, 0.1) is 0 Å². The van der Waals surface area contributed by atoms with Crippen LogP contribution in [0.5, 0.6) is 17.2 Å². The highest BCUT2D eigenvalue weighted by molar-refractivity contribution is 7.12. The molecule has 2 heterocycles. The Kier molecular flexibility index (Phi) is 5.22. The maximum Gasteiger partial charge on any atom is 0.274 e. The van der Waals surface area contributed by atoms with E-state index in [1.165, 1.54) is 12.1 Å². The number of hydrogen-bond donors (Lipinski definition) is 1. The summed E-state index contributed by atoms with van der Waals surface area (Å²) in [4.78, 5) is 14.3. The molecule has 6 nitrogen and oxygen atoms in total. The van der Waals surface area contributed by atoms with Crippen molar-refractivity contribution in [1.82, 2.24) is 5.01 Å². The van der Waals surface area contributed by atoms with Crippen molar-refractivity contribution in [1.29, 1.82) is 0 Å². The van der Waals surface area contributed by atoms with E-state index >= 15 is 0 Å². The van der Waals surface area contributed by atoms with Gasteiger partial charge in [-0.15, -0.1) is 11.3 Å². The molecule has 4 rings (SSSR count). The van der Waals surface area contributed by atoms with Gasteiger partial charge in [0.05, 0.1) is 30.9 Å². The van der Waals surface area contributed by atoms with Gasteiger partial charge in [-0.2, -0.15) is 5.10 Å². The highest BCUT2D eigenvalue weighted by atomic mass is 32.1. The second kappa shape index (κ2) is 7.97. The lowest BCUT2D eigenvalue weighted by Crippen LogP contribution is -2.27. The minimum atomic E-state index is -0.434. The van der Waals surface area contributed by atoms with Gasteiger partial charge >= 0.3 is 0 Å². The molecule has 0 spiro atoms. The van der Waals surface area contributed by atoms with Crippen molar-refractivity contribution in [2.45, 2.75) is 12.5 Å². The van der Waals surface area contributed by atoms with E-state index in [2.05, 4.69) is 5.10 Å². The van der Waals surface area contributed by atoms with Gasteiger partial charge in [-0.05, 0) is 41.8 Å². The number of hydrazone groups is 1. The average Bonchev–Trinajstić information content (AvgIpc) is 3.43. The molecule has 1 N–H and O–H groups in total. The molecule has 1 atom stereocenters. The molecule has 1 aliphatic heterocycles. The summed E-state index contributed by atoms with van der Waals surface area (Å²) in [5, 5.41) is 18.7. The van der Waals surface area contributed by atoms with Crippen LogP contribution < -0.4 is 9.47 Å². The molecule has 3 aromatic rings. The van der Waals surface area contributed by atoms with Crippen LogP contribution in [0.15, 0.2) is 65.1 Å². The third-order valence-corrected chi connectivity index (χ3v) is 5.79. The average molecular weight is 408 g/mol. The topological polar surface area (TPSA) is 71.4 Å². The minimum Gasteiger partial charge on any atom is -0.504 e. The minimum absolute atomic E-state index is 0.0233. The number of nitrogens with zero attached hydrogens (tertiary/aromatic N) is 2. The van der Waals surface area contributed by atoms with Crippen LogP contribution in [0.1, 0.15) is 33.3 Å². The molecule has 0 fully saturated rings. The lowest BCUT2D eigenvalue weighted by molar-refractivity contribution is 0.0709. The third kappa shape index (κ3) is 3.56. The number of methoxy groups -OCH3 is 2. The van der Waals surface area contributed by atoms with E-state index in [0.29, 0.717) is 29.0 Å². The summed E-state index contributed by atoms with van der Waals surface area (Å²) in [6, 6.07) is 15.7. The Labute approximate surface area is 172 Å². The molecule has 0 radical (unpaired) electrons. The molecule has 0 saturated carbocycles. The smallest absolute Gasteiger partial charge is 0.274 e. The molecular weight excluding hydrogens is 388 g/mol. The Morgan fingerprint density at radius 1 is 1.10 bits per heavy atom. The van der Waals surface area contributed by atoms with Gasteiger partial charge in [0.25, 0.3) is 5.91 Å². The largest absolute Gasteiger partial charge is 0.504 e. The number of phenolic OH excluding ortho intramolecular Hbond substituents is 1. The quantitative estimate of drug-likeness (QED) is 0.677. The van der Waals surface area contributed by atoms with E-state index in [0.717, 1.165) is 10.6 Å². The number of amides is 1. The van der Waals surface area contributed by atoms with Gasteiger partial charge in [-0.3, -0.25) is 4.79 Å². The van der Waals surface area contributed by atoms with Gasteiger partial charge in [-0.1, -0.05) is 18.2 Å². The summed E-state index contributed by atoms with van der Waals surface area (Å²) >= 11 is 1.57. The molecule has 1 aliphatic rings. The molecule has 148 valence electrons. The molecule has 1 aromatic heterocycles. The number of para-hydroxylation sites is 1. The summed E-state index contributed by atoms with van der Waals surface area (Å²) in [5.74, 6) is 0.818. The Bertz CT molecular complexity index is 1050. The van der Waals surface area contributed by atoms with Gasteiger partial charge in [0.2, 0.25) is 0 Å². The highest BCUT2D eigenvalue weighted by Crippen LogP contribution is 2.42. The number of hydrogen-bond acceptors (Lipinski definition) is 6. The van der Waals surface area contributed by atoms with Crippen molar-refractivity contribution < 1.29 is 19.4 Å². The van der Waals surface area contributed by atoms with E-state index in [4.69, 9.17) is 9.47 Å². The Morgan fingerprint density at radius 2 is 1.90 bits per heavy atom. The first-order valence-corrected chi connectivity index (χ1v) is 9.95. The zero-order valence-electron chi connectivity index (χ0n) is 16.0. The summed E-state index contributed by atoms with van der Waals surface area (Å²) in [6.07, 6.45) is 0.503. The summed E-state index contributed by atoms with van der Waals surface area (Å²) < 4.78 is 10.4. The zero-order valence-corrected chi connectivity index (χ0v) is 16.8. The maximum absolute atomic E-state index is 13.3. The number of phenols is 1. The first kappa shape index (κ1) is 19.0. The second-order valence-corrected chi connectivity index (χ2v) is 7.47. The van der Waals surface area contributed by atoms with Gasteiger partial charge in [0.15, 0.2) is 11.5 Å². The second-order valence-electron chi connectivity index (χ2n) is 6.52. The molecule has 0 saturated heterocycles. The first-order valence-electron chi connectivity index (χ1n) is 9.07. The van der Waals surface area contributed by atoms with Crippen LogP contribution in [-0.2, 0) is 0 Å². The SMILES string of the molecule is COc1ccc(C(=O)N2N=C(c3cccs3)CC2c2cccc(OC)c2O)cc1. The van der Waals surface area contributed by atoms with Crippen molar-refractivity contribution in [2.24, 2.45) is 5.10 Å².